The van der Waals surface area contributed by atoms with Crippen LogP contribution in [0.5, 0.6) is 0 Å². The molecular formula is C20H14N2O4. The Labute approximate surface area is 149 Å². The summed E-state index contributed by atoms with van der Waals surface area (Å²) in [7, 11) is 0. The van der Waals surface area contributed by atoms with Crippen LogP contribution in [-0.2, 0) is 4.74 Å². The number of benzene rings is 3. The van der Waals surface area contributed by atoms with Gasteiger partial charge in [0.1, 0.15) is 0 Å². The maximum atomic E-state index is 12.2. The Morgan fingerprint density at radius 1 is 0.846 bits per heavy atom. The van der Waals surface area contributed by atoms with Crippen molar-refractivity contribution in [1.29, 1.82) is 0 Å². The quantitative estimate of drug-likeness (QED) is 0.392. The molecule has 0 spiro atoms. The average Bonchev–Trinajstić information content (AvgIpc) is 3.00. The summed E-state index contributed by atoms with van der Waals surface area (Å²) < 4.78 is 5.63. The molecule has 1 aliphatic rings. The van der Waals surface area contributed by atoms with Gasteiger partial charge >= 0.3 is 5.97 Å². The lowest BCUT2D eigenvalue weighted by atomic mass is 10.1. The van der Waals surface area contributed by atoms with Gasteiger partial charge in [0.15, 0.2) is 0 Å². The molecule has 0 fully saturated rings. The standard InChI is InChI=1S/C20H14N2O4/c23-20-18-9-5-4-8-17(18)19(26-20)21(14-6-2-1-3-7-14)15-10-12-16(13-11-15)22(24)25/h1-13,19H. The summed E-state index contributed by atoms with van der Waals surface area (Å²) in [6.07, 6.45) is -0.637. The SMILES string of the molecule is O=C1OC(N(c2ccccc2)c2ccc([N+](=O)[O-])cc2)c2ccccc21. The van der Waals surface area contributed by atoms with E-state index in [1.165, 1.54) is 12.1 Å². The van der Waals surface area contributed by atoms with Gasteiger partial charge in [-0.2, -0.15) is 0 Å². The van der Waals surface area contributed by atoms with E-state index in [0.29, 0.717) is 11.3 Å². The molecule has 1 unspecified atom stereocenters. The number of cyclic esters (lactones) is 1. The van der Waals surface area contributed by atoms with Crippen molar-refractivity contribution in [1.82, 2.24) is 0 Å². The highest BCUT2D eigenvalue weighted by atomic mass is 16.6. The number of anilines is 2. The molecule has 0 radical (unpaired) electrons. The van der Waals surface area contributed by atoms with Crippen LogP contribution in [0, 0.1) is 10.1 Å². The summed E-state index contributed by atoms with van der Waals surface area (Å²) in [5.74, 6) is -0.381. The second kappa shape index (κ2) is 6.33. The molecule has 3 aromatic rings. The van der Waals surface area contributed by atoms with Crippen molar-refractivity contribution in [3.05, 3.63) is 100 Å². The van der Waals surface area contributed by atoms with E-state index < -0.39 is 11.2 Å². The van der Waals surface area contributed by atoms with Crippen LogP contribution in [0.1, 0.15) is 22.1 Å². The molecule has 128 valence electrons. The molecule has 3 aromatic carbocycles. The first-order chi connectivity index (χ1) is 12.6. The lowest BCUT2D eigenvalue weighted by Crippen LogP contribution is -2.23. The number of nitrogens with zero attached hydrogens (tertiary/aromatic N) is 2. The number of hydrogen-bond donors (Lipinski definition) is 0. The van der Waals surface area contributed by atoms with E-state index in [1.807, 2.05) is 47.4 Å². The van der Waals surface area contributed by atoms with Crippen LogP contribution in [0.3, 0.4) is 0 Å². The molecule has 0 amide bonds. The van der Waals surface area contributed by atoms with E-state index in [9.17, 15) is 14.9 Å². The lowest BCUT2D eigenvalue weighted by molar-refractivity contribution is -0.384. The molecule has 1 heterocycles. The number of nitro benzene ring substituents is 1. The first-order valence-corrected chi connectivity index (χ1v) is 8.04. The van der Waals surface area contributed by atoms with Gasteiger partial charge in [0.2, 0.25) is 6.23 Å². The van der Waals surface area contributed by atoms with Crippen LogP contribution in [-0.4, -0.2) is 10.9 Å². The predicted molar refractivity (Wildman–Crippen MR) is 96.3 cm³/mol. The number of ether oxygens (including phenoxy) is 1. The van der Waals surface area contributed by atoms with Gasteiger partial charge in [-0.1, -0.05) is 36.4 Å². The Hall–Kier alpha value is -3.67. The largest absolute Gasteiger partial charge is 0.433 e. The molecule has 0 bridgehead atoms. The number of para-hydroxylation sites is 1. The molecule has 1 atom stereocenters. The predicted octanol–water partition coefficient (Wildman–Crippen LogP) is 4.60. The highest BCUT2D eigenvalue weighted by Gasteiger charge is 2.36. The summed E-state index contributed by atoms with van der Waals surface area (Å²) in [4.78, 5) is 24.6. The third kappa shape index (κ3) is 2.67. The molecule has 26 heavy (non-hydrogen) atoms. The fraction of sp³-hybridized carbons (Fsp3) is 0.0500. The summed E-state index contributed by atoms with van der Waals surface area (Å²) in [6.45, 7) is 0. The second-order valence-electron chi connectivity index (χ2n) is 5.82. The normalized spacial score (nSPS) is 15.2. The van der Waals surface area contributed by atoms with Crippen molar-refractivity contribution in [2.75, 3.05) is 4.90 Å². The highest BCUT2D eigenvalue weighted by Crippen LogP contribution is 2.41. The van der Waals surface area contributed by atoms with Crippen molar-refractivity contribution < 1.29 is 14.5 Å². The number of carbonyl (C=O) groups excluding carboxylic acids is 1. The number of nitro groups is 1. The van der Waals surface area contributed by atoms with Gasteiger partial charge in [-0.3, -0.25) is 10.1 Å². The fourth-order valence-electron chi connectivity index (χ4n) is 3.06. The van der Waals surface area contributed by atoms with Gasteiger partial charge in [0.25, 0.3) is 5.69 Å². The van der Waals surface area contributed by atoms with Crippen LogP contribution in [0.2, 0.25) is 0 Å². The summed E-state index contributed by atoms with van der Waals surface area (Å²) in [6, 6.07) is 22.9. The number of hydrogen-bond acceptors (Lipinski definition) is 5. The van der Waals surface area contributed by atoms with Gasteiger partial charge in [0, 0.05) is 29.1 Å². The molecule has 6 nitrogen and oxygen atoms in total. The van der Waals surface area contributed by atoms with E-state index in [-0.39, 0.29) is 11.7 Å². The molecule has 0 aliphatic carbocycles. The molecular weight excluding hydrogens is 332 g/mol. The van der Waals surface area contributed by atoms with E-state index in [2.05, 4.69) is 0 Å². The minimum absolute atomic E-state index is 0.00517. The van der Waals surface area contributed by atoms with E-state index in [4.69, 9.17) is 4.74 Å². The monoisotopic (exact) mass is 346 g/mol. The highest BCUT2D eigenvalue weighted by molar-refractivity contribution is 5.94. The zero-order valence-corrected chi connectivity index (χ0v) is 13.6. The Morgan fingerprint density at radius 3 is 2.15 bits per heavy atom. The zero-order chi connectivity index (χ0) is 18.1. The molecule has 6 heteroatoms. The van der Waals surface area contributed by atoms with Gasteiger partial charge in [-0.05, 0) is 30.3 Å². The van der Waals surface area contributed by atoms with E-state index >= 15 is 0 Å². The fourth-order valence-corrected chi connectivity index (χ4v) is 3.06. The Kier molecular flexibility index (Phi) is 3.85. The first kappa shape index (κ1) is 15.8. The molecule has 0 aromatic heterocycles. The van der Waals surface area contributed by atoms with E-state index in [1.54, 1.807) is 24.3 Å². The van der Waals surface area contributed by atoms with Crippen molar-refractivity contribution in [3.63, 3.8) is 0 Å². The van der Waals surface area contributed by atoms with Crippen LogP contribution in [0.15, 0.2) is 78.9 Å². The van der Waals surface area contributed by atoms with Crippen LogP contribution in [0.4, 0.5) is 17.1 Å². The number of non-ortho nitro benzene ring substituents is 1. The maximum absolute atomic E-state index is 12.2. The first-order valence-electron chi connectivity index (χ1n) is 8.04. The smallest absolute Gasteiger partial charge is 0.340 e. The van der Waals surface area contributed by atoms with Gasteiger partial charge in [0.05, 0.1) is 10.5 Å². The molecule has 4 rings (SSSR count). The average molecular weight is 346 g/mol. The number of esters is 1. The number of rotatable bonds is 4. The number of carbonyl (C=O) groups is 1. The van der Waals surface area contributed by atoms with Crippen molar-refractivity contribution in [3.8, 4) is 0 Å². The van der Waals surface area contributed by atoms with Crippen LogP contribution in [0.25, 0.3) is 0 Å². The van der Waals surface area contributed by atoms with Gasteiger partial charge in [-0.15, -0.1) is 0 Å². The van der Waals surface area contributed by atoms with Crippen molar-refractivity contribution in [2.24, 2.45) is 0 Å². The van der Waals surface area contributed by atoms with Crippen molar-refractivity contribution in [2.45, 2.75) is 6.23 Å². The molecule has 1 aliphatic heterocycles. The third-order valence-electron chi connectivity index (χ3n) is 4.27. The van der Waals surface area contributed by atoms with Crippen LogP contribution < -0.4 is 4.90 Å². The molecule has 0 N–H and O–H groups in total. The summed E-state index contributed by atoms with van der Waals surface area (Å²) in [5.41, 5.74) is 2.80. The Bertz CT molecular complexity index is 971. The third-order valence-corrected chi connectivity index (χ3v) is 4.27. The maximum Gasteiger partial charge on any atom is 0.340 e. The summed E-state index contributed by atoms with van der Waals surface area (Å²) in [5, 5.41) is 10.9. The van der Waals surface area contributed by atoms with E-state index in [0.717, 1.165) is 11.3 Å². The summed E-state index contributed by atoms with van der Waals surface area (Å²) >= 11 is 0. The van der Waals surface area contributed by atoms with Gasteiger partial charge in [-0.25, -0.2) is 4.79 Å². The Morgan fingerprint density at radius 2 is 1.46 bits per heavy atom. The minimum Gasteiger partial charge on any atom is -0.433 e. The van der Waals surface area contributed by atoms with Gasteiger partial charge < -0.3 is 9.64 Å². The number of fused-ring (bicyclic) bond motifs is 1. The Balaban J connectivity index is 1.83. The lowest BCUT2D eigenvalue weighted by Gasteiger charge is -2.30. The second-order valence-corrected chi connectivity index (χ2v) is 5.82. The molecule has 0 saturated carbocycles. The zero-order valence-electron chi connectivity index (χ0n) is 13.6. The topological polar surface area (TPSA) is 72.7 Å². The van der Waals surface area contributed by atoms with Crippen molar-refractivity contribution >= 4 is 23.0 Å². The minimum atomic E-state index is -0.637. The molecule has 0 saturated heterocycles. The van der Waals surface area contributed by atoms with Crippen LogP contribution >= 0.6 is 0 Å².